The fourth-order valence-electron chi connectivity index (χ4n) is 3.88. The van der Waals surface area contributed by atoms with Gasteiger partial charge in [0.05, 0.1) is 4.92 Å². The van der Waals surface area contributed by atoms with E-state index in [1.807, 2.05) is 19.2 Å². The Morgan fingerprint density at radius 1 is 1.26 bits per heavy atom. The molecule has 0 saturated heterocycles. The monoisotopic (exact) mass is 312 g/mol. The van der Waals surface area contributed by atoms with Crippen molar-refractivity contribution >= 4 is 5.69 Å². The molecule has 0 aromatic heterocycles. The van der Waals surface area contributed by atoms with Crippen LogP contribution in [0.15, 0.2) is 24.3 Å². The number of phenols is 2. The quantitative estimate of drug-likeness (QED) is 0.480. The third kappa shape index (κ3) is 1.85. The summed E-state index contributed by atoms with van der Waals surface area (Å²) in [5.74, 6) is -1.05. The summed E-state index contributed by atoms with van der Waals surface area (Å²) < 4.78 is 0. The Morgan fingerprint density at radius 2 is 2.04 bits per heavy atom. The van der Waals surface area contributed by atoms with Gasteiger partial charge >= 0.3 is 5.69 Å². The molecule has 1 heterocycles. The molecule has 6 heteroatoms. The van der Waals surface area contributed by atoms with Gasteiger partial charge in [-0.05, 0) is 42.1 Å². The number of nitro benzene ring substituents is 1. The maximum Gasteiger partial charge on any atom is 0.314 e. The van der Waals surface area contributed by atoms with E-state index in [2.05, 4.69) is 11.0 Å². The molecule has 2 N–H and O–H groups in total. The standard InChI is InChI=1S/C17H16N2O4/c1-18-6-5-9-3-2-4-11-14(9)12(18)7-10-8-13(19(22)23)16(20)17(21)15(10)11/h2-4,8,12,20-21H,5-7H2,1H3/t12-/m1/s1. The van der Waals surface area contributed by atoms with E-state index in [4.69, 9.17) is 0 Å². The number of hydrogen-bond acceptors (Lipinski definition) is 5. The topological polar surface area (TPSA) is 86.8 Å². The SMILES string of the molecule is CN1CCc2cccc3c2[C@H]1Cc1cc([N+](=O)[O-])c(O)c(O)c1-3. The van der Waals surface area contributed by atoms with Crippen molar-refractivity contribution in [3.05, 3.63) is 51.1 Å². The highest BCUT2D eigenvalue weighted by molar-refractivity contribution is 5.84. The second-order valence-electron chi connectivity index (χ2n) is 6.21. The molecule has 0 spiro atoms. The maximum atomic E-state index is 11.1. The van der Waals surface area contributed by atoms with Crippen molar-refractivity contribution in [1.82, 2.24) is 4.90 Å². The Kier molecular flexibility index (Phi) is 2.86. The zero-order valence-corrected chi connectivity index (χ0v) is 12.6. The lowest BCUT2D eigenvalue weighted by molar-refractivity contribution is -0.386. The molecule has 1 aliphatic heterocycles. The lowest BCUT2D eigenvalue weighted by atomic mass is 9.76. The second kappa shape index (κ2) is 4.70. The highest BCUT2D eigenvalue weighted by Crippen LogP contribution is 2.52. The van der Waals surface area contributed by atoms with E-state index >= 15 is 0 Å². The highest BCUT2D eigenvalue weighted by Gasteiger charge is 2.36. The van der Waals surface area contributed by atoms with Crippen molar-refractivity contribution in [1.29, 1.82) is 0 Å². The Hall–Kier alpha value is -2.60. The van der Waals surface area contributed by atoms with Crippen LogP contribution in [0.3, 0.4) is 0 Å². The maximum absolute atomic E-state index is 11.1. The third-order valence-corrected chi connectivity index (χ3v) is 5.01. The number of nitrogens with zero attached hydrogens (tertiary/aromatic N) is 2. The average molecular weight is 312 g/mol. The molecule has 1 aliphatic carbocycles. The number of aromatic hydroxyl groups is 2. The molecule has 0 amide bonds. The Bertz CT molecular complexity index is 847. The van der Waals surface area contributed by atoms with E-state index in [-0.39, 0.29) is 6.04 Å². The van der Waals surface area contributed by atoms with E-state index in [1.54, 1.807) is 0 Å². The van der Waals surface area contributed by atoms with E-state index < -0.39 is 22.1 Å². The summed E-state index contributed by atoms with van der Waals surface area (Å²) in [6.45, 7) is 0.933. The van der Waals surface area contributed by atoms with Gasteiger partial charge in [0.15, 0.2) is 5.75 Å². The number of nitro groups is 1. The van der Waals surface area contributed by atoms with E-state index in [0.717, 1.165) is 24.1 Å². The molecule has 2 aromatic carbocycles. The van der Waals surface area contributed by atoms with Crippen molar-refractivity contribution in [2.24, 2.45) is 0 Å². The van der Waals surface area contributed by atoms with Gasteiger partial charge in [0, 0.05) is 24.2 Å². The van der Waals surface area contributed by atoms with Crippen molar-refractivity contribution in [3.63, 3.8) is 0 Å². The van der Waals surface area contributed by atoms with E-state index in [0.29, 0.717) is 17.5 Å². The van der Waals surface area contributed by atoms with Gasteiger partial charge in [-0.3, -0.25) is 15.0 Å². The largest absolute Gasteiger partial charge is 0.504 e. The number of fused-ring (bicyclic) bond motifs is 2. The lowest BCUT2D eigenvalue weighted by Crippen LogP contribution is -2.35. The third-order valence-electron chi connectivity index (χ3n) is 5.01. The van der Waals surface area contributed by atoms with Gasteiger partial charge in [-0.25, -0.2) is 0 Å². The van der Waals surface area contributed by atoms with Gasteiger partial charge < -0.3 is 10.2 Å². The van der Waals surface area contributed by atoms with Crippen LogP contribution in [0.2, 0.25) is 0 Å². The molecule has 6 nitrogen and oxygen atoms in total. The first-order valence-corrected chi connectivity index (χ1v) is 7.53. The minimum Gasteiger partial charge on any atom is -0.504 e. The Morgan fingerprint density at radius 3 is 2.78 bits per heavy atom. The molecule has 0 fully saturated rings. The predicted molar refractivity (Wildman–Crippen MR) is 84.6 cm³/mol. The van der Waals surface area contributed by atoms with Crippen molar-refractivity contribution < 1.29 is 15.1 Å². The van der Waals surface area contributed by atoms with Gasteiger partial charge in [-0.2, -0.15) is 0 Å². The summed E-state index contributed by atoms with van der Waals surface area (Å²) in [5, 5.41) is 31.5. The number of rotatable bonds is 1. The first-order valence-electron chi connectivity index (χ1n) is 7.53. The molecular weight excluding hydrogens is 296 g/mol. The summed E-state index contributed by atoms with van der Waals surface area (Å²) >= 11 is 0. The molecule has 0 bridgehead atoms. The first kappa shape index (κ1) is 14.0. The van der Waals surface area contributed by atoms with Gasteiger partial charge in [-0.1, -0.05) is 18.2 Å². The number of phenolic OH excluding ortho intramolecular Hbond substituents is 2. The molecule has 0 unspecified atom stereocenters. The molecule has 23 heavy (non-hydrogen) atoms. The molecular formula is C17H16N2O4. The normalized spacial score (nSPS) is 19.1. The number of hydrogen-bond donors (Lipinski definition) is 2. The van der Waals surface area contributed by atoms with Crippen LogP contribution in [0.1, 0.15) is 22.7 Å². The van der Waals surface area contributed by atoms with Crippen molar-refractivity contribution in [2.45, 2.75) is 18.9 Å². The van der Waals surface area contributed by atoms with Gasteiger partial charge in [0.2, 0.25) is 5.75 Å². The summed E-state index contributed by atoms with van der Waals surface area (Å²) in [6.07, 6.45) is 1.52. The molecule has 0 saturated carbocycles. The fraction of sp³-hybridized carbons (Fsp3) is 0.294. The van der Waals surface area contributed by atoms with Crippen LogP contribution in [-0.4, -0.2) is 33.6 Å². The fourth-order valence-corrected chi connectivity index (χ4v) is 3.88. The first-order chi connectivity index (χ1) is 11.0. The summed E-state index contributed by atoms with van der Waals surface area (Å²) in [4.78, 5) is 12.7. The van der Waals surface area contributed by atoms with Crippen molar-refractivity contribution in [2.75, 3.05) is 13.6 Å². The molecule has 4 rings (SSSR count). The van der Waals surface area contributed by atoms with Crippen LogP contribution < -0.4 is 0 Å². The molecule has 2 aliphatic rings. The van der Waals surface area contributed by atoms with Gasteiger partial charge in [0.1, 0.15) is 0 Å². The lowest BCUT2D eigenvalue weighted by Gasteiger charge is -2.39. The van der Waals surface area contributed by atoms with Crippen molar-refractivity contribution in [3.8, 4) is 22.6 Å². The zero-order valence-electron chi connectivity index (χ0n) is 12.6. The molecule has 0 radical (unpaired) electrons. The minimum absolute atomic E-state index is 0.144. The summed E-state index contributed by atoms with van der Waals surface area (Å²) in [7, 11) is 2.05. The molecule has 2 aromatic rings. The predicted octanol–water partition coefficient (Wildman–Crippen LogP) is 2.76. The van der Waals surface area contributed by atoms with Gasteiger partial charge in [0.25, 0.3) is 0 Å². The van der Waals surface area contributed by atoms with Crippen LogP contribution in [-0.2, 0) is 12.8 Å². The number of benzene rings is 2. The molecule has 118 valence electrons. The van der Waals surface area contributed by atoms with Crippen LogP contribution >= 0.6 is 0 Å². The minimum atomic E-state index is -0.661. The van der Waals surface area contributed by atoms with Crippen LogP contribution in [0.4, 0.5) is 5.69 Å². The van der Waals surface area contributed by atoms with E-state index in [9.17, 15) is 20.3 Å². The highest BCUT2D eigenvalue weighted by atomic mass is 16.6. The summed E-state index contributed by atoms with van der Waals surface area (Å²) in [6, 6.07) is 7.47. The van der Waals surface area contributed by atoms with Crippen LogP contribution in [0, 0.1) is 10.1 Å². The van der Waals surface area contributed by atoms with Gasteiger partial charge in [-0.15, -0.1) is 0 Å². The Balaban J connectivity index is 2.04. The van der Waals surface area contributed by atoms with E-state index in [1.165, 1.54) is 11.6 Å². The van der Waals surface area contributed by atoms with Crippen LogP contribution in [0.5, 0.6) is 11.5 Å². The average Bonchev–Trinajstić information content (AvgIpc) is 2.53. The molecule has 1 atom stereocenters. The second-order valence-corrected chi connectivity index (χ2v) is 6.21. The smallest absolute Gasteiger partial charge is 0.314 e. The number of likely N-dealkylation sites (N-methyl/N-ethyl adjacent to an activating group) is 1. The summed E-state index contributed by atoms with van der Waals surface area (Å²) in [5.41, 5.74) is 4.06. The zero-order chi connectivity index (χ0) is 16.3. The van der Waals surface area contributed by atoms with Crippen LogP contribution in [0.25, 0.3) is 11.1 Å². The Labute approximate surface area is 132 Å².